The smallest absolute Gasteiger partial charge is 0.159 e. The van der Waals surface area contributed by atoms with E-state index in [1.54, 1.807) is 11.0 Å². The molecule has 124 valence electrons. The van der Waals surface area contributed by atoms with E-state index in [0.717, 1.165) is 12.1 Å². The monoisotopic (exact) mass is 324 g/mol. The number of β-amino-alcohol motifs (C(OH)–C–C–N with tert-alkyl or cyclic N) is 1. The molecule has 3 rings (SSSR count). The van der Waals surface area contributed by atoms with Crippen molar-refractivity contribution in [3.05, 3.63) is 48.1 Å². The van der Waals surface area contributed by atoms with Crippen molar-refractivity contribution in [2.45, 2.75) is 18.8 Å². The lowest BCUT2D eigenvalue weighted by molar-refractivity contribution is -0.0487. The minimum Gasteiger partial charge on any atom is -0.387 e. The zero-order valence-corrected chi connectivity index (χ0v) is 12.5. The van der Waals surface area contributed by atoms with Gasteiger partial charge in [0.05, 0.1) is 25.4 Å². The standard InChI is InChI=1S/C15H18F2N4O2/c16-13-2-1-11(5-14(13)17)15(22)8-20-3-4-23-12(6-20)7-21-10-18-9-19-21/h1-2,5,9-10,12,15,22H,3-4,6-8H2. The van der Waals surface area contributed by atoms with Crippen molar-refractivity contribution in [1.82, 2.24) is 19.7 Å². The number of rotatable bonds is 5. The van der Waals surface area contributed by atoms with Gasteiger partial charge in [-0.25, -0.2) is 13.8 Å². The molecule has 0 amide bonds. The summed E-state index contributed by atoms with van der Waals surface area (Å²) in [5.41, 5.74) is 0.364. The number of morpholine rings is 1. The van der Waals surface area contributed by atoms with Crippen LogP contribution >= 0.6 is 0 Å². The van der Waals surface area contributed by atoms with E-state index in [9.17, 15) is 13.9 Å². The summed E-state index contributed by atoms with van der Waals surface area (Å²) in [6.45, 7) is 2.76. The summed E-state index contributed by atoms with van der Waals surface area (Å²) in [5.74, 6) is -1.87. The van der Waals surface area contributed by atoms with Gasteiger partial charge in [-0.2, -0.15) is 5.10 Å². The van der Waals surface area contributed by atoms with Crippen LogP contribution in [0.5, 0.6) is 0 Å². The van der Waals surface area contributed by atoms with Crippen molar-refractivity contribution in [3.63, 3.8) is 0 Å². The summed E-state index contributed by atoms with van der Waals surface area (Å²) in [7, 11) is 0. The largest absolute Gasteiger partial charge is 0.387 e. The lowest BCUT2D eigenvalue weighted by Gasteiger charge is -2.34. The molecule has 1 N–H and O–H groups in total. The maximum absolute atomic E-state index is 13.3. The number of hydrogen-bond acceptors (Lipinski definition) is 5. The van der Waals surface area contributed by atoms with Gasteiger partial charge < -0.3 is 9.84 Å². The normalized spacial score (nSPS) is 20.6. The SMILES string of the molecule is OC(CN1CCOC(Cn2cncn2)C1)c1ccc(F)c(F)c1. The minimum atomic E-state index is -0.951. The molecule has 0 saturated carbocycles. The highest BCUT2D eigenvalue weighted by atomic mass is 19.2. The van der Waals surface area contributed by atoms with Gasteiger partial charge in [0.1, 0.15) is 12.7 Å². The van der Waals surface area contributed by atoms with Crippen LogP contribution in [-0.2, 0) is 11.3 Å². The summed E-state index contributed by atoms with van der Waals surface area (Å²) in [5, 5.41) is 14.3. The molecule has 2 unspecified atom stereocenters. The molecule has 1 saturated heterocycles. The molecule has 1 aromatic heterocycles. The molecular formula is C15H18F2N4O2. The molecule has 0 radical (unpaired) electrons. The van der Waals surface area contributed by atoms with Gasteiger partial charge in [0.15, 0.2) is 11.6 Å². The van der Waals surface area contributed by atoms with Gasteiger partial charge in [-0.15, -0.1) is 0 Å². The molecule has 0 aliphatic carbocycles. The Hall–Kier alpha value is -1.90. The third-order valence-electron chi connectivity index (χ3n) is 3.84. The minimum absolute atomic E-state index is 0.0531. The van der Waals surface area contributed by atoms with Crippen LogP contribution in [-0.4, -0.2) is 57.1 Å². The molecule has 1 fully saturated rings. The Morgan fingerprint density at radius 2 is 2.22 bits per heavy atom. The number of nitrogens with zero attached hydrogens (tertiary/aromatic N) is 4. The highest BCUT2D eigenvalue weighted by molar-refractivity contribution is 5.20. The van der Waals surface area contributed by atoms with Crippen molar-refractivity contribution in [2.75, 3.05) is 26.2 Å². The third-order valence-corrected chi connectivity index (χ3v) is 3.84. The summed E-state index contributed by atoms with van der Waals surface area (Å²) in [4.78, 5) is 5.93. The molecule has 2 heterocycles. The van der Waals surface area contributed by atoms with Crippen LogP contribution in [0.3, 0.4) is 0 Å². The molecule has 8 heteroatoms. The van der Waals surface area contributed by atoms with E-state index in [2.05, 4.69) is 10.1 Å². The first-order valence-electron chi connectivity index (χ1n) is 7.41. The van der Waals surface area contributed by atoms with Crippen LogP contribution in [0.15, 0.2) is 30.9 Å². The fourth-order valence-corrected chi connectivity index (χ4v) is 2.66. The topological polar surface area (TPSA) is 63.4 Å². The molecule has 1 aliphatic heterocycles. The van der Waals surface area contributed by atoms with Crippen LogP contribution in [0.4, 0.5) is 8.78 Å². The first-order chi connectivity index (χ1) is 11.1. The number of ether oxygens (including phenoxy) is 1. The lowest BCUT2D eigenvalue weighted by atomic mass is 10.1. The number of aliphatic hydroxyl groups excluding tert-OH is 1. The summed E-state index contributed by atoms with van der Waals surface area (Å²) in [6.07, 6.45) is 2.16. The highest BCUT2D eigenvalue weighted by Crippen LogP contribution is 2.19. The average Bonchev–Trinajstić information content (AvgIpc) is 3.03. The van der Waals surface area contributed by atoms with Crippen LogP contribution in [0.25, 0.3) is 0 Å². The van der Waals surface area contributed by atoms with E-state index in [1.807, 2.05) is 4.90 Å². The molecule has 6 nitrogen and oxygen atoms in total. The van der Waals surface area contributed by atoms with Gasteiger partial charge in [0.2, 0.25) is 0 Å². The fourth-order valence-electron chi connectivity index (χ4n) is 2.66. The van der Waals surface area contributed by atoms with Crippen molar-refractivity contribution in [2.24, 2.45) is 0 Å². The van der Waals surface area contributed by atoms with Crippen molar-refractivity contribution in [3.8, 4) is 0 Å². The molecule has 0 spiro atoms. The van der Waals surface area contributed by atoms with E-state index < -0.39 is 17.7 Å². The Balaban J connectivity index is 1.57. The van der Waals surface area contributed by atoms with Crippen LogP contribution in [0, 0.1) is 11.6 Å². The number of halogens is 2. The Morgan fingerprint density at radius 1 is 1.35 bits per heavy atom. The molecule has 1 aromatic carbocycles. The van der Waals surface area contributed by atoms with E-state index in [1.165, 1.54) is 12.4 Å². The first-order valence-corrected chi connectivity index (χ1v) is 7.41. The van der Waals surface area contributed by atoms with Gasteiger partial charge in [-0.1, -0.05) is 6.07 Å². The summed E-state index contributed by atoms with van der Waals surface area (Å²) < 4.78 is 33.6. The quantitative estimate of drug-likeness (QED) is 0.889. The molecular weight excluding hydrogens is 306 g/mol. The van der Waals surface area contributed by atoms with Gasteiger partial charge in [0, 0.05) is 19.6 Å². The number of aliphatic hydroxyl groups is 1. The van der Waals surface area contributed by atoms with Gasteiger partial charge in [-0.05, 0) is 17.7 Å². The predicted molar refractivity (Wildman–Crippen MR) is 77.5 cm³/mol. The second kappa shape index (κ2) is 7.12. The third kappa shape index (κ3) is 4.10. The highest BCUT2D eigenvalue weighted by Gasteiger charge is 2.23. The number of hydrogen-bond donors (Lipinski definition) is 1. The van der Waals surface area contributed by atoms with E-state index in [-0.39, 0.29) is 6.10 Å². The van der Waals surface area contributed by atoms with Crippen LogP contribution in [0.1, 0.15) is 11.7 Å². The van der Waals surface area contributed by atoms with E-state index >= 15 is 0 Å². The second-order valence-electron chi connectivity index (χ2n) is 5.56. The lowest BCUT2D eigenvalue weighted by Crippen LogP contribution is -2.45. The van der Waals surface area contributed by atoms with Crippen molar-refractivity contribution >= 4 is 0 Å². The van der Waals surface area contributed by atoms with E-state index in [0.29, 0.717) is 38.3 Å². The predicted octanol–water partition coefficient (Wildman–Crippen LogP) is 0.991. The molecule has 0 bridgehead atoms. The van der Waals surface area contributed by atoms with Gasteiger partial charge >= 0.3 is 0 Å². The second-order valence-corrected chi connectivity index (χ2v) is 5.56. The molecule has 2 aromatic rings. The zero-order valence-electron chi connectivity index (χ0n) is 12.5. The Labute approximate surface area is 132 Å². The zero-order chi connectivity index (χ0) is 16.2. The maximum atomic E-state index is 13.3. The Bertz CT molecular complexity index is 638. The van der Waals surface area contributed by atoms with Crippen LogP contribution < -0.4 is 0 Å². The average molecular weight is 324 g/mol. The van der Waals surface area contributed by atoms with Crippen LogP contribution in [0.2, 0.25) is 0 Å². The first kappa shape index (κ1) is 16.0. The molecule has 23 heavy (non-hydrogen) atoms. The van der Waals surface area contributed by atoms with Crippen molar-refractivity contribution in [1.29, 1.82) is 0 Å². The Kier molecular flexibility index (Phi) is 4.94. The Morgan fingerprint density at radius 3 is 2.96 bits per heavy atom. The fraction of sp³-hybridized carbons (Fsp3) is 0.467. The summed E-state index contributed by atoms with van der Waals surface area (Å²) in [6, 6.07) is 3.46. The summed E-state index contributed by atoms with van der Waals surface area (Å²) >= 11 is 0. The number of aromatic nitrogens is 3. The maximum Gasteiger partial charge on any atom is 0.159 e. The molecule has 1 aliphatic rings. The van der Waals surface area contributed by atoms with E-state index in [4.69, 9.17) is 4.74 Å². The van der Waals surface area contributed by atoms with Crippen molar-refractivity contribution < 1.29 is 18.6 Å². The molecule has 2 atom stereocenters. The van der Waals surface area contributed by atoms with Gasteiger partial charge in [0.25, 0.3) is 0 Å². The number of benzene rings is 1. The van der Waals surface area contributed by atoms with Gasteiger partial charge in [-0.3, -0.25) is 9.58 Å².